The van der Waals surface area contributed by atoms with E-state index in [2.05, 4.69) is 21.3 Å². The Kier molecular flexibility index (Phi) is 19.3. The number of nitrogens with zero attached hydrogens (tertiary/aromatic N) is 1. The van der Waals surface area contributed by atoms with Crippen LogP contribution >= 0.6 is 0 Å². The minimum Gasteiger partial charge on any atom is -0.394 e. The Balaban J connectivity index is 1.82. The summed E-state index contributed by atoms with van der Waals surface area (Å²) in [7, 11) is 1.55. The fourth-order valence-electron chi connectivity index (χ4n) is 4.97. The van der Waals surface area contributed by atoms with Gasteiger partial charge in [-0.25, -0.2) is 0 Å². The molecule has 0 aromatic carbocycles. The monoisotopic (exact) mass is 711 g/mol. The summed E-state index contributed by atoms with van der Waals surface area (Å²) in [5.41, 5.74) is 0. The molecular formula is C29H53N5O15. The zero-order valence-electron chi connectivity index (χ0n) is 27.8. The van der Waals surface area contributed by atoms with Gasteiger partial charge in [-0.05, 0) is 19.8 Å². The topological polar surface area (TPSA) is 298 Å². The molecule has 0 aromatic rings. The molecule has 2 rings (SSSR count). The van der Waals surface area contributed by atoms with Crippen LogP contribution in [-0.4, -0.2) is 192 Å². The van der Waals surface area contributed by atoms with Gasteiger partial charge in [0.15, 0.2) is 12.6 Å². The van der Waals surface area contributed by atoms with Crippen LogP contribution in [-0.2, 0) is 38.1 Å². The standard InChI is InChI=1S/C29H53N5O15/c1-16-22(40)24(42)26(44)28(48-16)46-10-8-32-20(38)13-34(12-19(37)31-7-5-3-4-6-18(36)30-2)14-21(39)33-9-11-47-29-27(45)25(43)23(41)17(15-35)49-29/h16-17,22-29,35,40-45H,3-15H2,1-2H3,(H,30,36)(H,31,37)(H,32,38)(H,33,39)/t16-,17+,22+,23+,24+,25-,26-,27-,28+,29-/m0/s1. The molecular weight excluding hydrogens is 658 g/mol. The Morgan fingerprint density at radius 3 is 1.63 bits per heavy atom. The van der Waals surface area contributed by atoms with E-state index in [-0.39, 0.29) is 51.8 Å². The zero-order valence-corrected chi connectivity index (χ0v) is 27.8. The average Bonchev–Trinajstić information content (AvgIpc) is 3.07. The predicted molar refractivity (Wildman–Crippen MR) is 166 cm³/mol. The molecule has 49 heavy (non-hydrogen) atoms. The molecule has 0 unspecified atom stereocenters. The zero-order chi connectivity index (χ0) is 36.5. The molecule has 0 radical (unpaired) electrons. The van der Waals surface area contributed by atoms with Crippen molar-refractivity contribution in [3.63, 3.8) is 0 Å². The first kappa shape index (κ1) is 42.6. The number of unbranched alkanes of at least 4 members (excludes halogenated alkanes) is 2. The van der Waals surface area contributed by atoms with Crippen LogP contribution in [0.5, 0.6) is 0 Å². The van der Waals surface area contributed by atoms with Crippen molar-refractivity contribution in [1.29, 1.82) is 0 Å². The van der Waals surface area contributed by atoms with Crippen molar-refractivity contribution in [2.75, 3.05) is 66.1 Å². The molecule has 2 saturated heterocycles. The molecule has 20 nitrogen and oxygen atoms in total. The second-order valence-electron chi connectivity index (χ2n) is 11.8. The van der Waals surface area contributed by atoms with Crippen molar-refractivity contribution >= 4 is 23.6 Å². The summed E-state index contributed by atoms with van der Waals surface area (Å²) in [6.07, 6.45) is -11.3. The first-order valence-electron chi connectivity index (χ1n) is 16.2. The highest BCUT2D eigenvalue weighted by Crippen LogP contribution is 2.22. The number of nitrogens with one attached hydrogen (secondary N) is 4. The van der Waals surface area contributed by atoms with Crippen molar-refractivity contribution in [3.8, 4) is 0 Å². The largest absolute Gasteiger partial charge is 0.394 e. The average molecular weight is 712 g/mol. The summed E-state index contributed by atoms with van der Waals surface area (Å²) >= 11 is 0. The Hall–Kier alpha value is -2.60. The van der Waals surface area contributed by atoms with Crippen LogP contribution in [0, 0.1) is 0 Å². The fourth-order valence-corrected chi connectivity index (χ4v) is 4.97. The Morgan fingerprint density at radius 2 is 1.12 bits per heavy atom. The van der Waals surface area contributed by atoms with Gasteiger partial charge in [0.05, 0.1) is 45.6 Å². The van der Waals surface area contributed by atoms with E-state index in [1.807, 2.05) is 0 Å². The summed E-state index contributed by atoms with van der Waals surface area (Å²) in [5.74, 6) is -1.65. The van der Waals surface area contributed by atoms with E-state index in [1.165, 1.54) is 11.8 Å². The van der Waals surface area contributed by atoms with Crippen LogP contribution in [0.4, 0.5) is 0 Å². The van der Waals surface area contributed by atoms with Crippen LogP contribution in [0.15, 0.2) is 0 Å². The lowest BCUT2D eigenvalue weighted by atomic mass is 9.99. The molecule has 0 saturated carbocycles. The third-order valence-corrected chi connectivity index (χ3v) is 7.85. The van der Waals surface area contributed by atoms with Gasteiger partial charge in [0, 0.05) is 33.1 Å². The second kappa shape index (κ2) is 22.3. The summed E-state index contributed by atoms with van der Waals surface area (Å²) < 4.78 is 21.3. The molecule has 0 aliphatic carbocycles. The van der Waals surface area contributed by atoms with Gasteiger partial charge in [-0.2, -0.15) is 0 Å². The summed E-state index contributed by atoms with van der Waals surface area (Å²) in [6.45, 7) is -0.301. The molecule has 2 aliphatic rings. The van der Waals surface area contributed by atoms with E-state index in [9.17, 15) is 54.9 Å². The number of carbonyl (C=O) groups excluding carboxylic acids is 4. The minimum atomic E-state index is -1.62. The van der Waals surface area contributed by atoms with Crippen molar-refractivity contribution in [2.24, 2.45) is 0 Å². The summed E-state index contributed by atoms with van der Waals surface area (Å²) in [6, 6.07) is 0. The van der Waals surface area contributed by atoms with Gasteiger partial charge >= 0.3 is 0 Å². The van der Waals surface area contributed by atoms with Crippen LogP contribution in [0.1, 0.15) is 32.6 Å². The lowest BCUT2D eigenvalue weighted by Crippen LogP contribution is -2.59. The van der Waals surface area contributed by atoms with E-state index in [0.29, 0.717) is 32.2 Å². The Morgan fingerprint density at radius 1 is 0.633 bits per heavy atom. The van der Waals surface area contributed by atoms with Gasteiger partial charge in [0.1, 0.15) is 42.7 Å². The highest BCUT2D eigenvalue weighted by molar-refractivity contribution is 5.84. The number of aliphatic hydroxyl groups is 7. The first-order chi connectivity index (χ1) is 23.3. The van der Waals surface area contributed by atoms with Gasteiger partial charge < -0.3 is 76.0 Å². The molecule has 20 heteroatoms. The number of hydrogen-bond donors (Lipinski definition) is 11. The highest BCUT2D eigenvalue weighted by Gasteiger charge is 2.44. The Bertz CT molecular complexity index is 1030. The quantitative estimate of drug-likeness (QED) is 0.0494. The van der Waals surface area contributed by atoms with Crippen molar-refractivity contribution in [2.45, 2.75) is 94.0 Å². The normalized spacial score (nSPS) is 30.1. The van der Waals surface area contributed by atoms with Gasteiger partial charge in [-0.1, -0.05) is 6.42 Å². The number of amides is 4. The van der Waals surface area contributed by atoms with Crippen molar-refractivity contribution < 1.29 is 73.9 Å². The molecule has 2 aliphatic heterocycles. The van der Waals surface area contributed by atoms with E-state index >= 15 is 0 Å². The maximum absolute atomic E-state index is 12.7. The first-order valence-corrected chi connectivity index (χ1v) is 16.2. The maximum Gasteiger partial charge on any atom is 0.234 e. The van der Waals surface area contributed by atoms with Crippen molar-refractivity contribution in [3.05, 3.63) is 0 Å². The van der Waals surface area contributed by atoms with Gasteiger partial charge in [-0.3, -0.25) is 24.1 Å². The van der Waals surface area contributed by atoms with Crippen LogP contribution in [0.2, 0.25) is 0 Å². The second-order valence-corrected chi connectivity index (χ2v) is 11.8. The molecule has 11 N–H and O–H groups in total. The molecule has 10 atom stereocenters. The summed E-state index contributed by atoms with van der Waals surface area (Å²) in [5, 5.41) is 79.2. The highest BCUT2D eigenvalue weighted by atomic mass is 16.7. The van der Waals surface area contributed by atoms with Gasteiger partial charge in [0.25, 0.3) is 0 Å². The maximum atomic E-state index is 12.7. The fraction of sp³-hybridized carbons (Fsp3) is 0.862. The number of hydrogen-bond acceptors (Lipinski definition) is 16. The molecule has 0 bridgehead atoms. The van der Waals surface area contributed by atoms with Gasteiger partial charge in [0.2, 0.25) is 23.6 Å². The van der Waals surface area contributed by atoms with Crippen LogP contribution < -0.4 is 21.3 Å². The molecule has 284 valence electrons. The predicted octanol–water partition coefficient (Wildman–Crippen LogP) is -6.40. The summed E-state index contributed by atoms with van der Waals surface area (Å²) in [4.78, 5) is 50.6. The number of rotatable bonds is 21. The SMILES string of the molecule is CNC(=O)CCCCCNC(=O)CN(CC(=O)NCCO[C@H]1O[C@H](CO)[C@@H](O)[C@H](O)[C@@H]1O)CC(=O)NCCO[C@@H]1O[C@@H](C)[C@@H](O)[C@@H](O)[C@@H]1O. The minimum absolute atomic E-state index is 0.0456. The smallest absolute Gasteiger partial charge is 0.234 e. The number of carbonyl (C=O) groups is 4. The third-order valence-electron chi connectivity index (χ3n) is 7.85. The van der Waals surface area contributed by atoms with Gasteiger partial charge in [-0.15, -0.1) is 0 Å². The third kappa shape index (κ3) is 14.7. The number of aliphatic hydroxyl groups excluding tert-OH is 7. The number of ether oxygens (including phenoxy) is 4. The lowest BCUT2D eigenvalue weighted by molar-refractivity contribution is -0.300. The Labute approximate surface area is 284 Å². The van der Waals surface area contributed by atoms with E-state index in [4.69, 9.17) is 18.9 Å². The van der Waals surface area contributed by atoms with Crippen LogP contribution in [0.25, 0.3) is 0 Å². The molecule has 0 spiro atoms. The van der Waals surface area contributed by atoms with E-state index < -0.39 is 85.7 Å². The molecule has 2 heterocycles. The van der Waals surface area contributed by atoms with Crippen LogP contribution in [0.3, 0.4) is 0 Å². The lowest BCUT2D eigenvalue weighted by Gasteiger charge is -2.39. The van der Waals surface area contributed by atoms with Crippen molar-refractivity contribution in [1.82, 2.24) is 26.2 Å². The molecule has 0 aromatic heterocycles. The van der Waals surface area contributed by atoms with E-state index in [0.717, 1.165) is 0 Å². The van der Waals surface area contributed by atoms with E-state index in [1.54, 1.807) is 7.05 Å². The molecule has 2 fully saturated rings. The molecule has 4 amide bonds.